The number of carbonyl (C=O) groups is 1. The minimum absolute atomic E-state index is 0.0801. The van der Waals surface area contributed by atoms with Crippen molar-refractivity contribution >= 4 is 5.91 Å². The molecule has 0 fully saturated rings. The highest BCUT2D eigenvalue weighted by Gasteiger charge is 2.37. The summed E-state index contributed by atoms with van der Waals surface area (Å²) < 4.78 is 0. The van der Waals surface area contributed by atoms with Gasteiger partial charge in [-0.1, -0.05) is 68.8 Å². The number of amides is 1. The van der Waals surface area contributed by atoms with Crippen LogP contribution in [0.4, 0.5) is 0 Å². The van der Waals surface area contributed by atoms with Crippen LogP contribution >= 0.6 is 0 Å². The van der Waals surface area contributed by atoms with E-state index in [1.165, 1.54) is 5.56 Å². The van der Waals surface area contributed by atoms with Crippen LogP contribution in [-0.2, 0) is 19.4 Å². The number of fused-ring (bicyclic) bond motifs is 1. The van der Waals surface area contributed by atoms with Crippen molar-refractivity contribution in [2.75, 3.05) is 0 Å². The molecule has 2 aromatic carbocycles. The minimum Gasteiger partial charge on any atom is -0.324 e. The first-order valence-corrected chi connectivity index (χ1v) is 10.0. The van der Waals surface area contributed by atoms with E-state index in [1.54, 1.807) is 0 Å². The molecular weight excluding hydrogens is 348 g/mol. The number of hydrogen-bond donors (Lipinski definition) is 1. The van der Waals surface area contributed by atoms with Gasteiger partial charge in [0.1, 0.15) is 5.82 Å². The summed E-state index contributed by atoms with van der Waals surface area (Å²) in [6, 6.07) is 18.1. The van der Waals surface area contributed by atoms with Crippen LogP contribution in [0.5, 0.6) is 0 Å². The Labute approximate surface area is 165 Å². The SMILES string of the molecule is CC[C@@H](C)[C@H](c1n[nH]c(CCc2ccccc2)n1)N1Cc2ccccc2C1=O. The summed E-state index contributed by atoms with van der Waals surface area (Å²) in [5, 5.41) is 7.61. The summed E-state index contributed by atoms with van der Waals surface area (Å²) in [5.41, 5.74) is 3.17. The summed E-state index contributed by atoms with van der Waals surface area (Å²) in [6.07, 6.45) is 2.68. The molecule has 5 nitrogen and oxygen atoms in total. The smallest absolute Gasteiger partial charge is 0.255 e. The van der Waals surface area contributed by atoms with E-state index in [-0.39, 0.29) is 17.9 Å². The molecule has 1 aromatic heterocycles. The lowest BCUT2D eigenvalue weighted by atomic mass is 9.97. The van der Waals surface area contributed by atoms with E-state index < -0.39 is 0 Å². The zero-order chi connectivity index (χ0) is 19.5. The summed E-state index contributed by atoms with van der Waals surface area (Å²) in [7, 11) is 0. The monoisotopic (exact) mass is 374 g/mol. The minimum atomic E-state index is -0.119. The maximum atomic E-state index is 13.0. The fraction of sp³-hybridized carbons (Fsp3) is 0.348. The molecule has 0 radical (unpaired) electrons. The first-order chi connectivity index (χ1) is 13.7. The number of nitrogens with zero attached hydrogens (tertiary/aromatic N) is 3. The van der Waals surface area contributed by atoms with Gasteiger partial charge in [-0.2, -0.15) is 5.10 Å². The normalized spacial score (nSPS) is 15.5. The zero-order valence-corrected chi connectivity index (χ0v) is 16.4. The second kappa shape index (κ2) is 7.97. The van der Waals surface area contributed by atoms with Crippen molar-refractivity contribution in [2.24, 2.45) is 5.92 Å². The Morgan fingerprint density at radius 2 is 1.82 bits per heavy atom. The van der Waals surface area contributed by atoms with Crippen LogP contribution in [0, 0.1) is 5.92 Å². The molecule has 0 spiro atoms. The molecule has 1 amide bonds. The van der Waals surface area contributed by atoms with Gasteiger partial charge in [-0.25, -0.2) is 4.98 Å². The van der Waals surface area contributed by atoms with Crippen LogP contribution < -0.4 is 0 Å². The molecular formula is C23H26N4O. The molecule has 1 N–H and O–H groups in total. The molecule has 3 aromatic rings. The molecule has 0 saturated heterocycles. The van der Waals surface area contributed by atoms with Crippen LogP contribution in [0.15, 0.2) is 54.6 Å². The van der Waals surface area contributed by atoms with Gasteiger partial charge in [0.2, 0.25) is 0 Å². The Morgan fingerprint density at radius 1 is 1.07 bits per heavy atom. The maximum absolute atomic E-state index is 13.0. The van der Waals surface area contributed by atoms with Gasteiger partial charge < -0.3 is 4.90 Å². The Hall–Kier alpha value is -2.95. The number of aromatic nitrogens is 3. The van der Waals surface area contributed by atoms with Gasteiger partial charge in [-0.05, 0) is 29.5 Å². The number of benzene rings is 2. The van der Waals surface area contributed by atoms with Crippen molar-refractivity contribution in [2.45, 2.75) is 45.7 Å². The number of nitrogens with one attached hydrogen (secondary N) is 1. The molecule has 144 valence electrons. The van der Waals surface area contributed by atoms with Crippen LogP contribution in [0.3, 0.4) is 0 Å². The van der Waals surface area contributed by atoms with Crippen molar-refractivity contribution in [3.8, 4) is 0 Å². The lowest BCUT2D eigenvalue weighted by Crippen LogP contribution is -2.34. The van der Waals surface area contributed by atoms with Crippen molar-refractivity contribution in [3.63, 3.8) is 0 Å². The standard InChI is InChI=1S/C23H26N4O/c1-3-16(2)21(27-15-18-11-7-8-12-19(18)23(27)28)22-24-20(25-26-22)14-13-17-9-5-4-6-10-17/h4-12,16,21H,3,13-15H2,1-2H3,(H,24,25,26)/t16-,21-/m1/s1. The van der Waals surface area contributed by atoms with Gasteiger partial charge in [-0.3, -0.25) is 9.89 Å². The zero-order valence-electron chi connectivity index (χ0n) is 16.4. The molecule has 0 aliphatic carbocycles. The van der Waals surface area contributed by atoms with Crippen molar-refractivity contribution < 1.29 is 4.79 Å². The lowest BCUT2D eigenvalue weighted by molar-refractivity contribution is 0.0623. The van der Waals surface area contributed by atoms with Crippen molar-refractivity contribution in [3.05, 3.63) is 82.9 Å². The summed E-state index contributed by atoms with van der Waals surface area (Å²) in [4.78, 5) is 19.7. The number of aryl methyl sites for hydroxylation is 2. The van der Waals surface area contributed by atoms with Gasteiger partial charge in [0.15, 0.2) is 5.82 Å². The maximum Gasteiger partial charge on any atom is 0.255 e. The Balaban J connectivity index is 1.54. The molecule has 2 atom stereocenters. The second-order valence-corrected chi connectivity index (χ2v) is 7.55. The van der Waals surface area contributed by atoms with Crippen LogP contribution in [-0.4, -0.2) is 26.0 Å². The molecule has 5 heteroatoms. The summed E-state index contributed by atoms with van der Waals surface area (Å²) in [6.45, 7) is 4.94. The van der Waals surface area contributed by atoms with E-state index in [0.29, 0.717) is 6.54 Å². The van der Waals surface area contributed by atoms with Crippen LogP contribution in [0.2, 0.25) is 0 Å². The molecule has 1 aliphatic heterocycles. The van der Waals surface area contributed by atoms with Crippen molar-refractivity contribution in [1.29, 1.82) is 0 Å². The second-order valence-electron chi connectivity index (χ2n) is 7.55. The van der Waals surface area contributed by atoms with E-state index in [1.807, 2.05) is 35.2 Å². The van der Waals surface area contributed by atoms with Crippen LogP contribution in [0.25, 0.3) is 0 Å². The fourth-order valence-electron chi connectivity index (χ4n) is 3.89. The first-order valence-electron chi connectivity index (χ1n) is 10.0. The van der Waals surface area contributed by atoms with Gasteiger partial charge in [0.05, 0.1) is 6.04 Å². The highest BCUT2D eigenvalue weighted by molar-refractivity contribution is 5.98. The van der Waals surface area contributed by atoms with Gasteiger partial charge in [-0.15, -0.1) is 0 Å². The van der Waals surface area contributed by atoms with Gasteiger partial charge in [0, 0.05) is 18.5 Å². The lowest BCUT2D eigenvalue weighted by Gasteiger charge is -2.30. The molecule has 4 rings (SSSR count). The van der Waals surface area contributed by atoms with E-state index >= 15 is 0 Å². The number of H-pyrrole nitrogens is 1. The van der Waals surface area contributed by atoms with Crippen LogP contribution in [0.1, 0.15) is 59.4 Å². The molecule has 0 unspecified atom stereocenters. The van der Waals surface area contributed by atoms with E-state index in [0.717, 1.165) is 42.0 Å². The molecule has 0 bridgehead atoms. The van der Waals surface area contributed by atoms with E-state index in [2.05, 4.69) is 48.3 Å². The molecule has 0 saturated carbocycles. The number of carbonyl (C=O) groups excluding carboxylic acids is 1. The number of hydrogen-bond acceptors (Lipinski definition) is 3. The fourth-order valence-corrected chi connectivity index (χ4v) is 3.89. The Bertz CT molecular complexity index is 950. The highest BCUT2D eigenvalue weighted by Crippen LogP contribution is 2.35. The van der Waals surface area contributed by atoms with Crippen molar-refractivity contribution in [1.82, 2.24) is 20.1 Å². The molecule has 28 heavy (non-hydrogen) atoms. The number of rotatable bonds is 7. The Morgan fingerprint density at radius 3 is 2.57 bits per heavy atom. The third-order valence-corrected chi connectivity index (χ3v) is 5.67. The predicted octanol–water partition coefficient (Wildman–Crippen LogP) is 4.33. The third kappa shape index (κ3) is 3.57. The summed E-state index contributed by atoms with van der Waals surface area (Å²) >= 11 is 0. The average molecular weight is 374 g/mol. The average Bonchev–Trinajstić information content (AvgIpc) is 3.33. The highest BCUT2D eigenvalue weighted by atomic mass is 16.2. The largest absolute Gasteiger partial charge is 0.324 e. The topological polar surface area (TPSA) is 61.9 Å². The third-order valence-electron chi connectivity index (χ3n) is 5.67. The van der Waals surface area contributed by atoms with Gasteiger partial charge in [0.25, 0.3) is 5.91 Å². The van der Waals surface area contributed by atoms with E-state index in [4.69, 9.17) is 4.98 Å². The summed E-state index contributed by atoms with van der Waals surface area (Å²) in [5.74, 6) is 1.95. The first kappa shape index (κ1) is 18.4. The molecule has 1 aliphatic rings. The Kier molecular flexibility index (Phi) is 5.24. The van der Waals surface area contributed by atoms with E-state index in [9.17, 15) is 4.79 Å². The van der Waals surface area contributed by atoms with Gasteiger partial charge >= 0.3 is 0 Å². The number of aromatic amines is 1. The predicted molar refractivity (Wildman–Crippen MR) is 109 cm³/mol. The molecule has 2 heterocycles. The quantitative estimate of drug-likeness (QED) is 0.669.